The van der Waals surface area contributed by atoms with E-state index in [1.807, 2.05) is 19.2 Å². The molecule has 0 radical (unpaired) electrons. The lowest BCUT2D eigenvalue weighted by Crippen LogP contribution is -2.45. The summed E-state index contributed by atoms with van der Waals surface area (Å²) >= 11 is 0. The first-order valence-electron chi connectivity index (χ1n) is 10.1. The number of likely N-dealkylation sites (tertiary alicyclic amines) is 1. The molecule has 0 spiro atoms. The molecule has 0 amide bonds. The molecular formula is C22H34IN5O. The van der Waals surface area contributed by atoms with Crippen LogP contribution >= 0.6 is 24.0 Å². The number of hydrogen-bond acceptors (Lipinski definition) is 3. The fraction of sp³-hybridized carbons (Fsp3) is 0.500. The van der Waals surface area contributed by atoms with Gasteiger partial charge in [-0.05, 0) is 62.2 Å². The van der Waals surface area contributed by atoms with Gasteiger partial charge in [0.05, 0.1) is 7.11 Å². The SMILES string of the molecule is CN=C(NCCn1cccc1)NCC1CCCN(C)C1c1ccc(OC)cc1.I. The molecule has 1 aromatic heterocycles. The highest BCUT2D eigenvalue weighted by atomic mass is 127. The molecule has 2 heterocycles. The summed E-state index contributed by atoms with van der Waals surface area (Å²) in [5.41, 5.74) is 1.35. The van der Waals surface area contributed by atoms with Gasteiger partial charge in [-0.25, -0.2) is 0 Å². The Morgan fingerprint density at radius 1 is 1.17 bits per heavy atom. The number of hydrogen-bond donors (Lipinski definition) is 2. The summed E-state index contributed by atoms with van der Waals surface area (Å²) in [6, 6.07) is 13.0. The van der Waals surface area contributed by atoms with Gasteiger partial charge in [0.15, 0.2) is 5.96 Å². The van der Waals surface area contributed by atoms with Crippen LogP contribution in [0.15, 0.2) is 53.8 Å². The van der Waals surface area contributed by atoms with Crippen LogP contribution in [0.25, 0.3) is 0 Å². The maximum atomic E-state index is 5.32. The van der Waals surface area contributed by atoms with Crippen LogP contribution in [0.5, 0.6) is 5.75 Å². The Kier molecular flexibility index (Phi) is 9.80. The van der Waals surface area contributed by atoms with Crippen molar-refractivity contribution in [3.05, 3.63) is 54.4 Å². The maximum Gasteiger partial charge on any atom is 0.191 e. The molecule has 160 valence electrons. The molecule has 1 aliphatic heterocycles. The summed E-state index contributed by atoms with van der Waals surface area (Å²) in [6.45, 7) is 3.82. The minimum atomic E-state index is 0. The number of guanidine groups is 1. The van der Waals surface area contributed by atoms with Crippen molar-refractivity contribution >= 4 is 29.9 Å². The molecule has 2 aromatic rings. The standard InChI is InChI=1S/C22H33N5O.HI/c1-23-22(24-12-16-27-14-4-5-15-27)25-17-19-7-6-13-26(2)21(19)18-8-10-20(28-3)11-9-18;/h4-5,8-11,14-15,19,21H,6-7,12-13,16-17H2,1-3H3,(H2,23,24,25);1H. The smallest absolute Gasteiger partial charge is 0.191 e. The average molecular weight is 511 g/mol. The zero-order valence-corrected chi connectivity index (χ0v) is 20.0. The van der Waals surface area contributed by atoms with Crippen molar-refractivity contribution in [1.29, 1.82) is 0 Å². The highest BCUT2D eigenvalue weighted by Crippen LogP contribution is 2.35. The molecule has 3 rings (SSSR count). The van der Waals surface area contributed by atoms with Gasteiger partial charge in [-0.3, -0.25) is 9.89 Å². The van der Waals surface area contributed by atoms with Gasteiger partial charge >= 0.3 is 0 Å². The average Bonchev–Trinajstić information content (AvgIpc) is 3.24. The summed E-state index contributed by atoms with van der Waals surface area (Å²) in [4.78, 5) is 6.86. The van der Waals surface area contributed by atoms with Crippen LogP contribution in [0.3, 0.4) is 0 Å². The Bertz CT molecular complexity index is 732. The number of halogens is 1. The Hall–Kier alpha value is -1.74. The second-order valence-corrected chi connectivity index (χ2v) is 7.40. The van der Waals surface area contributed by atoms with Crippen LogP contribution < -0.4 is 15.4 Å². The quantitative estimate of drug-likeness (QED) is 0.340. The molecule has 1 aromatic carbocycles. The number of aliphatic imine (C=N–C) groups is 1. The molecule has 2 unspecified atom stereocenters. The van der Waals surface area contributed by atoms with Gasteiger partial charge in [0.2, 0.25) is 0 Å². The third-order valence-electron chi connectivity index (χ3n) is 5.55. The van der Waals surface area contributed by atoms with Gasteiger partial charge in [0.1, 0.15) is 5.75 Å². The van der Waals surface area contributed by atoms with E-state index in [-0.39, 0.29) is 24.0 Å². The van der Waals surface area contributed by atoms with Gasteiger partial charge in [-0.2, -0.15) is 0 Å². The largest absolute Gasteiger partial charge is 0.497 e. The molecule has 6 nitrogen and oxygen atoms in total. The Morgan fingerprint density at radius 2 is 1.90 bits per heavy atom. The molecule has 1 aliphatic rings. The second kappa shape index (κ2) is 12.1. The normalized spacial score (nSPS) is 20.0. The van der Waals surface area contributed by atoms with Crippen molar-refractivity contribution < 1.29 is 4.74 Å². The van der Waals surface area contributed by atoms with E-state index < -0.39 is 0 Å². The minimum Gasteiger partial charge on any atom is -0.497 e. The summed E-state index contributed by atoms with van der Waals surface area (Å²) < 4.78 is 7.48. The van der Waals surface area contributed by atoms with E-state index in [0.717, 1.165) is 37.9 Å². The molecule has 2 N–H and O–H groups in total. The maximum absolute atomic E-state index is 5.32. The van der Waals surface area contributed by atoms with E-state index in [1.165, 1.54) is 18.4 Å². The molecular weight excluding hydrogens is 477 g/mol. The minimum absolute atomic E-state index is 0. The van der Waals surface area contributed by atoms with Crippen LogP contribution in [0.1, 0.15) is 24.4 Å². The Balaban J connectivity index is 0.00000300. The van der Waals surface area contributed by atoms with Gasteiger partial charge < -0.3 is 19.9 Å². The van der Waals surface area contributed by atoms with Crippen molar-refractivity contribution in [3.63, 3.8) is 0 Å². The summed E-state index contributed by atoms with van der Waals surface area (Å²) in [6.07, 6.45) is 6.61. The van der Waals surface area contributed by atoms with E-state index in [0.29, 0.717) is 12.0 Å². The van der Waals surface area contributed by atoms with Gasteiger partial charge in [0.25, 0.3) is 0 Å². The number of benzene rings is 1. The zero-order chi connectivity index (χ0) is 19.8. The zero-order valence-electron chi connectivity index (χ0n) is 17.7. The predicted octanol–water partition coefficient (Wildman–Crippen LogP) is 3.36. The fourth-order valence-corrected chi connectivity index (χ4v) is 4.07. The first kappa shape index (κ1) is 23.5. The number of nitrogens with one attached hydrogen (secondary N) is 2. The van der Waals surface area contributed by atoms with E-state index in [4.69, 9.17) is 4.74 Å². The lowest BCUT2D eigenvalue weighted by Gasteiger charge is -2.40. The molecule has 0 saturated carbocycles. The van der Waals surface area contributed by atoms with Gasteiger partial charge in [-0.1, -0.05) is 12.1 Å². The molecule has 7 heteroatoms. The number of rotatable bonds is 7. The molecule has 2 atom stereocenters. The molecule has 1 fully saturated rings. The number of aromatic nitrogens is 1. The molecule has 1 saturated heterocycles. The summed E-state index contributed by atoms with van der Waals surface area (Å²) in [5, 5.41) is 6.96. The van der Waals surface area contributed by atoms with Crippen molar-refractivity contribution in [2.75, 3.05) is 40.8 Å². The van der Waals surface area contributed by atoms with Crippen LogP contribution in [-0.4, -0.2) is 56.3 Å². The van der Waals surface area contributed by atoms with Crippen LogP contribution in [-0.2, 0) is 6.54 Å². The second-order valence-electron chi connectivity index (χ2n) is 7.40. The predicted molar refractivity (Wildman–Crippen MR) is 130 cm³/mol. The Labute approximate surface area is 191 Å². The van der Waals surface area contributed by atoms with Crippen LogP contribution in [0, 0.1) is 5.92 Å². The fourth-order valence-electron chi connectivity index (χ4n) is 4.07. The van der Waals surface area contributed by atoms with Gasteiger partial charge in [0, 0.05) is 45.1 Å². The van der Waals surface area contributed by atoms with Crippen molar-refractivity contribution in [2.45, 2.75) is 25.4 Å². The lowest BCUT2D eigenvalue weighted by molar-refractivity contribution is 0.122. The topological polar surface area (TPSA) is 53.8 Å². The third kappa shape index (κ3) is 6.64. The number of ether oxygens (including phenoxy) is 1. The highest BCUT2D eigenvalue weighted by Gasteiger charge is 2.30. The van der Waals surface area contributed by atoms with E-state index in [2.05, 4.69) is 68.8 Å². The first-order chi connectivity index (χ1) is 13.7. The van der Waals surface area contributed by atoms with E-state index in [9.17, 15) is 0 Å². The van der Waals surface area contributed by atoms with Crippen molar-refractivity contribution in [1.82, 2.24) is 20.1 Å². The molecule has 0 aliphatic carbocycles. The summed E-state index contributed by atoms with van der Waals surface area (Å²) in [5.74, 6) is 2.31. The summed E-state index contributed by atoms with van der Waals surface area (Å²) in [7, 11) is 5.77. The van der Waals surface area contributed by atoms with Crippen LogP contribution in [0.2, 0.25) is 0 Å². The van der Waals surface area contributed by atoms with Gasteiger partial charge in [-0.15, -0.1) is 24.0 Å². The number of piperidine rings is 1. The van der Waals surface area contributed by atoms with Crippen molar-refractivity contribution in [2.24, 2.45) is 10.9 Å². The van der Waals surface area contributed by atoms with Crippen molar-refractivity contribution in [3.8, 4) is 5.75 Å². The number of nitrogens with zero attached hydrogens (tertiary/aromatic N) is 3. The Morgan fingerprint density at radius 3 is 2.55 bits per heavy atom. The molecule has 29 heavy (non-hydrogen) atoms. The van der Waals surface area contributed by atoms with E-state index in [1.54, 1.807) is 7.11 Å². The van der Waals surface area contributed by atoms with E-state index >= 15 is 0 Å². The van der Waals surface area contributed by atoms with Crippen LogP contribution in [0.4, 0.5) is 0 Å². The third-order valence-corrected chi connectivity index (χ3v) is 5.55. The molecule has 0 bridgehead atoms. The first-order valence-corrected chi connectivity index (χ1v) is 10.1. The monoisotopic (exact) mass is 511 g/mol. The highest BCUT2D eigenvalue weighted by molar-refractivity contribution is 14.0. The lowest BCUT2D eigenvalue weighted by atomic mass is 9.85. The number of methoxy groups -OCH3 is 1.